The number of rotatable bonds is 5. The zero-order chi connectivity index (χ0) is 23.5. The summed E-state index contributed by atoms with van der Waals surface area (Å²) in [5.41, 5.74) is 3.09. The smallest absolute Gasteiger partial charge is 0.229 e. The lowest BCUT2D eigenvalue weighted by Crippen LogP contribution is -2.47. The van der Waals surface area contributed by atoms with E-state index in [9.17, 15) is 14.0 Å². The average molecular weight is 511 g/mol. The van der Waals surface area contributed by atoms with Crippen LogP contribution in [0.1, 0.15) is 30.0 Å². The van der Waals surface area contributed by atoms with Gasteiger partial charge in [0.2, 0.25) is 11.8 Å². The van der Waals surface area contributed by atoms with Gasteiger partial charge in [0.15, 0.2) is 0 Å². The number of nitrogens with zero attached hydrogens (tertiary/aromatic N) is 1. The zero-order valence-corrected chi connectivity index (χ0v) is 19.9. The third-order valence-electron chi connectivity index (χ3n) is 5.88. The van der Waals surface area contributed by atoms with Crippen molar-refractivity contribution >= 4 is 39.1 Å². The van der Waals surface area contributed by atoms with Crippen LogP contribution in [-0.2, 0) is 9.59 Å². The summed E-state index contributed by atoms with van der Waals surface area (Å²) in [6.45, 7) is 1.97. The average Bonchev–Trinajstić information content (AvgIpc) is 2.81. The van der Waals surface area contributed by atoms with E-state index >= 15 is 0 Å². The lowest BCUT2D eigenvalue weighted by Gasteiger charge is -2.41. The Balaban J connectivity index is 1.73. The molecule has 1 N–H and O–H groups in total. The van der Waals surface area contributed by atoms with Crippen LogP contribution in [0.2, 0.25) is 0 Å². The Morgan fingerprint density at radius 2 is 1.79 bits per heavy atom. The van der Waals surface area contributed by atoms with E-state index in [1.807, 2.05) is 25.1 Å². The van der Waals surface area contributed by atoms with Gasteiger partial charge in [0.25, 0.3) is 0 Å². The van der Waals surface area contributed by atoms with Gasteiger partial charge in [0.1, 0.15) is 11.6 Å². The van der Waals surface area contributed by atoms with Crippen LogP contribution in [0.5, 0.6) is 5.75 Å². The van der Waals surface area contributed by atoms with E-state index in [1.54, 1.807) is 48.4 Å². The minimum absolute atomic E-state index is 0.0879. The van der Waals surface area contributed by atoms with Gasteiger partial charge >= 0.3 is 0 Å². The highest BCUT2D eigenvalue weighted by atomic mass is 79.9. The summed E-state index contributed by atoms with van der Waals surface area (Å²) < 4.78 is 19.7. The largest absolute Gasteiger partial charge is 0.497 e. The normalized spacial score (nSPS) is 18.2. The van der Waals surface area contributed by atoms with Crippen molar-refractivity contribution in [2.24, 2.45) is 5.92 Å². The molecule has 5 nitrogen and oxygen atoms in total. The van der Waals surface area contributed by atoms with Gasteiger partial charge in [0, 0.05) is 16.6 Å². The second kappa shape index (κ2) is 9.75. The number of anilines is 2. The Bertz CT molecular complexity index is 1170. The Kier molecular flexibility index (Phi) is 6.79. The highest BCUT2D eigenvalue weighted by molar-refractivity contribution is 9.10. The van der Waals surface area contributed by atoms with Crippen molar-refractivity contribution in [3.8, 4) is 5.75 Å². The molecule has 0 aromatic heterocycles. The maximum absolute atomic E-state index is 13.7. The Hall–Kier alpha value is -3.19. The molecule has 1 heterocycles. The highest BCUT2D eigenvalue weighted by Crippen LogP contribution is 2.41. The van der Waals surface area contributed by atoms with Gasteiger partial charge in [-0.2, -0.15) is 0 Å². The first-order valence-electron chi connectivity index (χ1n) is 10.7. The minimum Gasteiger partial charge on any atom is -0.497 e. The molecule has 1 aliphatic rings. The van der Waals surface area contributed by atoms with Gasteiger partial charge in [-0.25, -0.2) is 4.39 Å². The van der Waals surface area contributed by atoms with Crippen molar-refractivity contribution in [3.63, 3.8) is 0 Å². The lowest BCUT2D eigenvalue weighted by molar-refractivity contribution is -0.125. The number of piperidine rings is 1. The van der Waals surface area contributed by atoms with Gasteiger partial charge < -0.3 is 15.0 Å². The standard InChI is InChI=1S/C26H24BrFN2O3/c1-16-3-13-23(22(27)15-16)29-26(32)21-12-14-24(31)30(19-8-10-20(33-2)11-9-19)25(21)17-4-6-18(28)7-5-17/h3-11,13,15,21,25H,12,14H2,1-2H3,(H,29,32)/t21-,25-/m0/s1. The molecule has 1 aliphatic heterocycles. The fraction of sp³-hybridized carbons (Fsp3) is 0.231. The third-order valence-corrected chi connectivity index (χ3v) is 6.53. The topological polar surface area (TPSA) is 58.6 Å². The molecule has 1 saturated heterocycles. The molecule has 2 atom stereocenters. The van der Waals surface area contributed by atoms with Crippen molar-refractivity contribution < 1.29 is 18.7 Å². The molecule has 3 aromatic rings. The molecule has 2 amide bonds. The molecule has 7 heteroatoms. The number of nitrogens with one attached hydrogen (secondary N) is 1. The molecule has 3 aromatic carbocycles. The van der Waals surface area contributed by atoms with Crippen molar-refractivity contribution in [2.75, 3.05) is 17.3 Å². The van der Waals surface area contributed by atoms with E-state index < -0.39 is 12.0 Å². The molecule has 4 rings (SSSR count). The fourth-order valence-electron chi connectivity index (χ4n) is 4.20. The number of benzene rings is 3. The van der Waals surface area contributed by atoms with Gasteiger partial charge in [0.05, 0.1) is 24.8 Å². The van der Waals surface area contributed by atoms with Gasteiger partial charge in [-0.3, -0.25) is 9.59 Å². The van der Waals surface area contributed by atoms with E-state index in [0.29, 0.717) is 29.1 Å². The van der Waals surface area contributed by atoms with E-state index in [-0.39, 0.29) is 24.1 Å². The molecule has 0 spiro atoms. The maximum Gasteiger partial charge on any atom is 0.229 e. The first kappa shape index (κ1) is 23.0. The van der Waals surface area contributed by atoms with Crippen LogP contribution >= 0.6 is 15.9 Å². The van der Waals surface area contributed by atoms with Crippen molar-refractivity contribution in [1.82, 2.24) is 0 Å². The second-order valence-electron chi connectivity index (χ2n) is 8.08. The van der Waals surface area contributed by atoms with Gasteiger partial charge in [-0.1, -0.05) is 18.2 Å². The number of ether oxygens (including phenoxy) is 1. The predicted octanol–water partition coefficient (Wildman–Crippen LogP) is 6.03. The number of methoxy groups -OCH3 is 1. The molecule has 1 fully saturated rings. The SMILES string of the molecule is COc1ccc(N2C(=O)CC[C@H](C(=O)Nc3ccc(C)cc3Br)[C@@H]2c2ccc(F)cc2)cc1. The molecule has 0 radical (unpaired) electrons. The first-order chi connectivity index (χ1) is 15.9. The maximum atomic E-state index is 13.7. The lowest BCUT2D eigenvalue weighted by atomic mass is 9.83. The molecule has 0 bridgehead atoms. The summed E-state index contributed by atoms with van der Waals surface area (Å²) in [6, 6.07) is 18.2. The Labute approximate surface area is 200 Å². The number of hydrogen-bond acceptors (Lipinski definition) is 3. The third kappa shape index (κ3) is 4.93. The first-order valence-corrected chi connectivity index (χ1v) is 11.5. The molecule has 0 unspecified atom stereocenters. The number of halogens is 2. The summed E-state index contributed by atoms with van der Waals surface area (Å²) in [7, 11) is 1.58. The number of hydrogen-bond donors (Lipinski definition) is 1. The van der Waals surface area contributed by atoms with Gasteiger partial charge in [-0.15, -0.1) is 0 Å². The van der Waals surface area contributed by atoms with E-state index in [1.165, 1.54) is 12.1 Å². The number of carbonyl (C=O) groups is 2. The van der Waals surface area contributed by atoms with Crippen LogP contribution in [-0.4, -0.2) is 18.9 Å². The van der Waals surface area contributed by atoms with Crippen LogP contribution in [0.4, 0.5) is 15.8 Å². The summed E-state index contributed by atoms with van der Waals surface area (Å²) in [6.07, 6.45) is 0.625. The van der Waals surface area contributed by atoms with Crippen LogP contribution in [0, 0.1) is 18.7 Å². The Morgan fingerprint density at radius 1 is 1.09 bits per heavy atom. The molecule has 0 saturated carbocycles. The Morgan fingerprint density at radius 3 is 2.42 bits per heavy atom. The van der Waals surface area contributed by atoms with Crippen LogP contribution in [0.25, 0.3) is 0 Å². The number of aryl methyl sites for hydroxylation is 1. The summed E-state index contributed by atoms with van der Waals surface area (Å²) in [5, 5.41) is 3.01. The fourth-order valence-corrected chi connectivity index (χ4v) is 4.79. The minimum atomic E-state index is -0.579. The van der Waals surface area contributed by atoms with E-state index in [4.69, 9.17) is 4.74 Å². The molecular formula is C26H24BrFN2O3. The van der Waals surface area contributed by atoms with Gasteiger partial charge in [-0.05, 0) is 88.9 Å². The molecule has 170 valence electrons. The predicted molar refractivity (Wildman–Crippen MR) is 130 cm³/mol. The number of amides is 2. The van der Waals surface area contributed by atoms with Crippen molar-refractivity contribution in [2.45, 2.75) is 25.8 Å². The van der Waals surface area contributed by atoms with E-state index in [0.717, 1.165) is 10.0 Å². The molecular weight excluding hydrogens is 487 g/mol. The van der Waals surface area contributed by atoms with E-state index in [2.05, 4.69) is 21.2 Å². The summed E-state index contributed by atoms with van der Waals surface area (Å²) >= 11 is 3.51. The van der Waals surface area contributed by atoms with Crippen LogP contribution < -0.4 is 15.0 Å². The van der Waals surface area contributed by atoms with Crippen LogP contribution in [0.3, 0.4) is 0 Å². The second-order valence-corrected chi connectivity index (χ2v) is 8.93. The van der Waals surface area contributed by atoms with Crippen molar-refractivity contribution in [3.05, 3.63) is 88.1 Å². The van der Waals surface area contributed by atoms with Crippen LogP contribution in [0.15, 0.2) is 71.2 Å². The van der Waals surface area contributed by atoms with Crippen molar-refractivity contribution in [1.29, 1.82) is 0 Å². The number of carbonyl (C=O) groups excluding carboxylic acids is 2. The highest BCUT2D eigenvalue weighted by Gasteiger charge is 2.41. The molecule has 0 aliphatic carbocycles. The monoisotopic (exact) mass is 510 g/mol. The quantitative estimate of drug-likeness (QED) is 0.455. The molecule has 33 heavy (non-hydrogen) atoms. The summed E-state index contributed by atoms with van der Waals surface area (Å²) in [5.74, 6) is -0.514. The zero-order valence-electron chi connectivity index (χ0n) is 18.3. The summed E-state index contributed by atoms with van der Waals surface area (Å²) in [4.78, 5) is 28.2.